The molecule has 0 saturated carbocycles. The molecule has 37 heavy (non-hydrogen) atoms. The topological polar surface area (TPSA) is 35.5 Å². The Labute approximate surface area is 227 Å². The molecule has 0 spiro atoms. The summed E-state index contributed by atoms with van der Waals surface area (Å²) in [5, 5.41) is 0. The lowest BCUT2D eigenvalue weighted by molar-refractivity contribution is -0.920. The molecule has 0 amide bonds. The Hall–Kier alpha value is -2.33. The van der Waals surface area contributed by atoms with Crippen molar-refractivity contribution >= 4 is 5.97 Å². The lowest BCUT2D eigenvalue weighted by Gasteiger charge is -2.36. The Bertz CT molecular complexity index is 865. The van der Waals surface area contributed by atoms with Gasteiger partial charge in [0.25, 0.3) is 0 Å². The van der Waals surface area contributed by atoms with Crippen LogP contribution in [0.2, 0.25) is 0 Å². The van der Waals surface area contributed by atoms with Crippen molar-refractivity contribution in [1.82, 2.24) is 0 Å². The molecule has 1 unspecified atom stereocenters. The van der Waals surface area contributed by atoms with Gasteiger partial charge in [0.05, 0.1) is 27.3 Å². The molecular formula is C33H52NO3+. The number of rotatable bonds is 20. The van der Waals surface area contributed by atoms with E-state index >= 15 is 0 Å². The van der Waals surface area contributed by atoms with E-state index in [0.717, 1.165) is 31.6 Å². The number of ether oxygens (including phenoxy) is 2. The number of esters is 1. The van der Waals surface area contributed by atoms with Gasteiger partial charge in [-0.1, -0.05) is 101 Å². The highest BCUT2D eigenvalue weighted by atomic mass is 16.5. The van der Waals surface area contributed by atoms with E-state index in [2.05, 4.69) is 70.4 Å². The van der Waals surface area contributed by atoms with Crippen molar-refractivity contribution in [2.75, 3.05) is 27.3 Å². The first kappa shape index (κ1) is 30.9. The Balaban J connectivity index is 1.68. The molecular weight excluding hydrogens is 458 g/mol. The van der Waals surface area contributed by atoms with Crippen molar-refractivity contribution in [3.8, 4) is 5.75 Å². The Morgan fingerprint density at radius 3 is 2.14 bits per heavy atom. The van der Waals surface area contributed by atoms with Crippen LogP contribution in [0.4, 0.5) is 0 Å². The van der Waals surface area contributed by atoms with Crippen LogP contribution in [0.15, 0.2) is 54.6 Å². The molecule has 2 rings (SSSR count). The molecule has 2 aromatic carbocycles. The number of carbonyl (C=O) groups is 1. The van der Waals surface area contributed by atoms with Crippen LogP contribution in [0.3, 0.4) is 0 Å². The van der Waals surface area contributed by atoms with Crippen LogP contribution in [-0.4, -0.2) is 43.8 Å². The minimum Gasteiger partial charge on any atom is -0.493 e. The van der Waals surface area contributed by atoms with Crippen LogP contribution >= 0.6 is 0 Å². The number of carbonyl (C=O) groups excluding carboxylic acids is 1. The molecule has 2 aromatic rings. The number of hydrogen-bond donors (Lipinski definition) is 0. The third-order valence-corrected chi connectivity index (χ3v) is 7.13. The molecule has 0 fully saturated rings. The number of aryl methyl sites for hydroxylation is 1. The minimum atomic E-state index is -0.167. The molecule has 0 saturated heterocycles. The van der Waals surface area contributed by atoms with Crippen LogP contribution in [-0.2, 0) is 22.5 Å². The Morgan fingerprint density at radius 2 is 1.43 bits per heavy atom. The largest absolute Gasteiger partial charge is 0.493 e. The summed E-state index contributed by atoms with van der Waals surface area (Å²) in [6.45, 7) is 6.14. The summed E-state index contributed by atoms with van der Waals surface area (Å²) in [4.78, 5) is 13.0. The molecule has 4 nitrogen and oxygen atoms in total. The predicted octanol–water partition coefficient (Wildman–Crippen LogP) is 8.13. The van der Waals surface area contributed by atoms with E-state index in [-0.39, 0.29) is 12.0 Å². The molecule has 0 N–H and O–H groups in total. The lowest BCUT2D eigenvalue weighted by Crippen LogP contribution is -2.52. The van der Waals surface area contributed by atoms with E-state index in [1.54, 1.807) is 0 Å². The first-order chi connectivity index (χ1) is 18.0. The highest BCUT2D eigenvalue weighted by molar-refractivity contribution is 5.74. The monoisotopic (exact) mass is 510 g/mol. The maximum absolute atomic E-state index is 13.0. The minimum absolute atomic E-state index is 0.102. The molecule has 0 radical (unpaired) electrons. The van der Waals surface area contributed by atoms with Crippen molar-refractivity contribution in [3.05, 3.63) is 65.7 Å². The number of hydrogen-bond acceptors (Lipinski definition) is 3. The normalized spacial score (nSPS) is 12.3. The number of quaternary nitrogens is 1. The Morgan fingerprint density at radius 1 is 0.757 bits per heavy atom. The van der Waals surface area contributed by atoms with Gasteiger partial charge < -0.3 is 14.0 Å². The molecule has 0 aromatic heterocycles. The predicted molar refractivity (Wildman–Crippen MR) is 155 cm³/mol. The molecule has 0 aliphatic heterocycles. The van der Waals surface area contributed by atoms with Gasteiger partial charge in [-0.25, -0.2) is 4.79 Å². The van der Waals surface area contributed by atoms with Crippen molar-refractivity contribution < 1.29 is 18.8 Å². The van der Waals surface area contributed by atoms with Gasteiger partial charge in [-0.05, 0) is 37.0 Å². The van der Waals surface area contributed by atoms with E-state index in [1.165, 1.54) is 62.5 Å². The summed E-state index contributed by atoms with van der Waals surface area (Å²) in [5.74, 6) is 0.808. The first-order valence-corrected chi connectivity index (χ1v) is 14.7. The molecule has 0 aliphatic rings. The van der Waals surface area contributed by atoms with Crippen LogP contribution in [0.25, 0.3) is 0 Å². The zero-order valence-corrected chi connectivity index (χ0v) is 24.1. The van der Waals surface area contributed by atoms with Gasteiger partial charge in [0.1, 0.15) is 12.3 Å². The fourth-order valence-electron chi connectivity index (χ4n) is 4.96. The van der Waals surface area contributed by atoms with Gasteiger partial charge in [0.15, 0.2) is 6.04 Å². The summed E-state index contributed by atoms with van der Waals surface area (Å²) < 4.78 is 12.3. The fourth-order valence-corrected chi connectivity index (χ4v) is 4.96. The summed E-state index contributed by atoms with van der Waals surface area (Å²) in [6.07, 6.45) is 14.3. The zero-order chi connectivity index (χ0) is 26.8. The molecule has 1 atom stereocenters. The van der Waals surface area contributed by atoms with E-state index in [4.69, 9.17) is 9.47 Å². The van der Waals surface area contributed by atoms with E-state index in [9.17, 15) is 4.79 Å². The summed E-state index contributed by atoms with van der Waals surface area (Å²) in [5.41, 5.74) is 2.58. The lowest BCUT2D eigenvalue weighted by atomic mass is 10.0. The van der Waals surface area contributed by atoms with E-state index in [0.29, 0.717) is 24.1 Å². The Kier molecular flexibility index (Phi) is 15.0. The van der Waals surface area contributed by atoms with Crippen molar-refractivity contribution in [2.24, 2.45) is 0 Å². The molecule has 0 bridgehead atoms. The smallest absolute Gasteiger partial charge is 0.364 e. The maximum Gasteiger partial charge on any atom is 0.364 e. The second-order valence-electron chi connectivity index (χ2n) is 11.0. The van der Waals surface area contributed by atoms with E-state index in [1.807, 2.05) is 12.1 Å². The van der Waals surface area contributed by atoms with Crippen LogP contribution in [0.5, 0.6) is 5.75 Å². The van der Waals surface area contributed by atoms with Crippen LogP contribution in [0.1, 0.15) is 95.6 Å². The summed E-state index contributed by atoms with van der Waals surface area (Å²) in [7, 11) is 4.25. The van der Waals surface area contributed by atoms with Crippen LogP contribution in [0, 0.1) is 0 Å². The third-order valence-electron chi connectivity index (χ3n) is 7.13. The number of benzene rings is 2. The molecule has 206 valence electrons. The first-order valence-electron chi connectivity index (χ1n) is 14.7. The van der Waals surface area contributed by atoms with E-state index < -0.39 is 0 Å². The summed E-state index contributed by atoms with van der Waals surface area (Å²) in [6, 6.07) is 18.7. The van der Waals surface area contributed by atoms with Crippen molar-refractivity contribution in [1.29, 1.82) is 0 Å². The van der Waals surface area contributed by atoms with Crippen molar-refractivity contribution in [3.63, 3.8) is 0 Å². The second-order valence-corrected chi connectivity index (χ2v) is 11.0. The average molecular weight is 511 g/mol. The number of unbranched alkanes of at least 4 members (excludes halogenated alkanes) is 7. The van der Waals surface area contributed by atoms with Gasteiger partial charge in [-0.15, -0.1) is 0 Å². The quantitative estimate of drug-likeness (QED) is 0.102. The zero-order valence-electron chi connectivity index (χ0n) is 24.1. The average Bonchev–Trinajstić information content (AvgIpc) is 2.89. The number of likely N-dealkylation sites (N-methyl/N-ethyl adjacent to an activating group) is 1. The van der Waals surface area contributed by atoms with Gasteiger partial charge in [-0.2, -0.15) is 0 Å². The SMILES string of the molecule is CCCCCCCCCCc1cccc(OCCCOC(=O)C(CCC)[N+](C)(C)Cc2ccccc2)c1. The highest BCUT2D eigenvalue weighted by Crippen LogP contribution is 2.20. The standard InChI is InChI=1S/C33H52NO3/c1-5-7-8-9-10-11-12-14-20-29-23-17-24-31(27-29)36-25-18-26-37-33(35)32(19-6-2)34(3,4)28-30-21-15-13-16-22-30/h13,15-17,21-24,27,32H,5-12,14,18-20,25-26,28H2,1-4H3/q+1. The molecule has 0 heterocycles. The van der Waals surface area contributed by atoms with Crippen molar-refractivity contribution in [2.45, 2.75) is 103 Å². The second kappa shape index (κ2) is 18.0. The molecule has 0 aliphatic carbocycles. The maximum atomic E-state index is 13.0. The van der Waals surface area contributed by atoms with Gasteiger partial charge in [0.2, 0.25) is 0 Å². The highest BCUT2D eigenvalue weighted by Gasteiger charge is 2.35. The number of nitrogens with zero attached hydrogens (tertiary/aromatic N) is 1. The third kappa shape index (κ3) is 12.6. The van der Waals surface area contributed by atoms with Crippen LogP contribution < -0.4 is 4.74 Å². The fraction of sp³-hybridized carbons (Fsp3) is 0.606. The van der Waals surface area contributed by atoms with Gasteiger partial charge >= 0.3 is 5.97 Å². The van der Waals surface area contributed by atoms with Gasteiger partial charge in [0, 0.05) is 18.4 Å². The van der Waals surface area contributed by atoms with Gasteiger partial charge in [-0.3, -0.25) is 0 Å². The molecule has 4 heteroatoms. The summed E-state index contributed by atoms with van der Waals surface area (Å²) >= 11 is 0.